The Bertz CT molecular complexity index is 416. The molecule has 110 valence electrons. The van der Waals surface area contributed by atoms with Gasteiger partial charge in [-0.25, -0.2) is 0 Å². The lowest BCUT2D eigenvalue weighted by Gasteiger charge is -2.14. The lowest BCUT2D eigenvalue weighted by Crippen LogP contribution is -2.38. The molecule has 1 heterocycles. The minimum absolute atomic E-state index is 0.0972. The van der Waals surface area contributed by atoms with Crippen LogP contribution in [0.5, 0.6) is 0 Å². The van der Waals surface area contributed by atoms with Crippen molar-refractivity contribution in [2.75, 3.05) is 31.9 Å². The summed E-state index contributed by atoms with van der Waals surface area (Å²) in [4.78, 5) is 15.2. The number of carbonyl (C=O) groups excluding carboxylic acids is 1. The van der Waals surface area contributed by atoms with Crippen molar-refractivity contribution in [1.82, 2.24) is 10.2 Å². The molecule has 2 rings (SSSR count). The van der Waals surface area contributed by atoms with Crippen LogP contribution in [0.15, 0.2) is 35.2 Å². The SMILES string of the molecule is CC1CN(CC(=O)NCCSc2ccccc2)CC1N. The van der Waals surface area contributed by atoms with E-state index in [1.54, 1.807) is 11.8 Å². The summed E-state index contributed by atoms with van der Waals surface area (Å²) in [6.45, 7) is 5.06. The van der Waals surface area contributed by atoms with Crippen LogP contribution >= 0.6 is 11.8 Å². The van der Waals surface area contributed by atoms with Gasteiger partial charge in [0.15, 0.2) is 0 Å². The van der Waals surface area contributed by atoms with Gasteiger partial charge in [-0.2, -0.15) is 0 Å². The van der Waals surface area contributed by atoms with Crippen LogP contribution in [0.1, 0.15) is 6.92 Å². The molecule has 1 amide bonds. The Balaban J connectivity index is 1.59. The number of nitrogens with two attached hydrogens (primary N) is 1. The maximum absolute atomic E-state index is 11.8. The van der Waals surface area contributed by atoms with Crippen LogP contribution in [0.2, 0.25) is 0 Å². The van der Waals surface area contributed by atoms with Gasteiger partial charge >= 0.3 is 0 Å². The second kappa shape index (κ2) is 7.67. The molecule has 0 bridgehead atoms. The summed E-state index contributed by atoms with van der Waals surface area (Å²) in [6.07, 6.45) is 0. The summed E-state index contributed by atoms with van der Waals surface area (Å²) in [5.74, 6) is 1.47. The zero-order chi connectivity index (χ0) is 14.4. The van der Waals surface area contributed by atoms with Gasteiger partial charge in [0.25, 0.3) is 0 Å². The molecule has 1 aromatic rings. The molecule has 4 nitrogen and oxygen atoms in total. The van der Waals surface area contributed by atoms with E-state index in [-0.39, 0.29) is 11.9 Å². The van der Waals surface area contributed by atoms with E-state index in [0.29, 0.717) is 19.0 Å². The van der Waals surface area contributed by atoms with Crippen molar-refractivity contribution in [3.63, 3.8) is 0 Å². The van der Waals surface area contributed by atoms with Gasteiger partial charge in [-0.05, 0) is 18.1 Å². The smallest absolute Gasteiger partial charge is 0.234 e. The molecule has 3 N–H and O–H groups in total. The minimum atomic E-state index is 0.0972. The molecule has 0 saturated carbocycles. The first kappa shape index (κ1) is 15.4. The molecular formula is C15H23N3OS. The van der Waals surface area contributed by atoms with E-state index in [1.807, 2.05) is 18.2 Å². The molecule has 1 aliphatic rings. The molecular weight excluding hydrogens is 270 g/mol. The molecule has 20 heavy (non-hydrogen) atoms. The number of likely N-dealkylation sites (tertiary alicyclic amines) is 1. The van der Waals surface area contributed by atoms with E-state index in [0.717, 1.165) is 18.8 Å². The largest absolute Gasteiger partial charge is 0.354 e. The van der Waals surface area contributed by atoms with Crippen LogP contribution in [-0.4, -0.2) is 48.8 Å². The third-order valence-corrected chi connectivity index (χ3v) is 4.56. The Morgan fingerprint density at radius 1 is 1.40 bits per heavy atom. The highest BCUT2D eigenvalue weighted by molar-refractivity contribution is 7.99. The lowest BCUT2D eigenvalue weighted by molar-refractivity contribution is -0.121. The number of rotatable bonds is 6. The molecule has 0 spiro atoms. The van der Waals surface area contributed by atoms with Crippen LogP contribution in [0, 0.1) is 5.92 Å². The topological polar surface area (TPSA) is 58.4 Å². The molecule has 2 unspecified atom stereocenters. The highest BCUT2D eigenvalue weighted by atomic mass is 32.2. The van der Waals surface area contributed by atoms with E-state index >= 15 is 0 Å². The maximum atomic E-state index is 11.8. The standard InChI is InChI=1S/C15H23N3OS/c1-12-9-18(10-14(12)16)11-15(19)17-7-8-20-13-5-3-2-4-6-13/h2-6,12,14H,7-11,16H2,1H3,(H,17,19). The summed E-state index contributed by atoms with van der Waals surface area (Å²) >= 11 is 1.76. The van der Waals surface area contributed by atoms with Crippen LogP contribution in [0.3, 0.4) is 0 Å². The van der Waals surface area contributed by atoms with Crippen molar-refractivity contribution >= 4 is 17.7 Å². The monoisotopic (exact) mass is 293 g/mol. The third-order valence-electron chi connectivity index (χ3n) is 3.55. The molecule has 0 aliphatic carbocycles. The first-order valence-corrected chi connectivity index (χ1v) is 8.06. The van der Waals surface area contributed by atoms with Crippen LogP contribution in [-0.2, 0) is 4.79 Å². The van der Waals surface area contributed by atoms with E-state index in [1.165, 1.54) is 4.90 Å². The number of thioether (sulfide) groups is 1. The summed E-state index contributed by atoms with van der Waals surface area (Å²) in [6, 6.07) is 10.4. The van der Waals surface area contributed by atoms with Crippen molar-refractivity contribution in [3.8, 4) is 0 Å². The van der Waals surface area contributed by atoms with Gasteiger partial charge in [-0.3, -0.25) is 9.69 Å². The minimum Gasteiger partial charge on any atom is -0.354 e. The van der Waals surface area contributed by atoms with Gasteiger partial charge in [0.2, 0.25) is 5.91 Å². The van der Waals surface area contributed by atoms with Crippen LogP contribution < -0.4 is 11.1 Å². The average Bonchev–Trinajstić information content (AvgIpc) is 2.74. The summed E-state index contributed by atoms with van der Waals surface area (Å²) in [5, 5.41) is 2.97. The molecule has 0 radical (unpaired) electrons. The van der Waals surface area contributed by atoms with Gasteiger partial charge in [-0.1, -0.05) is 25.1 Å². The van der Waals surface area contributed by atoms with E-state index in [4.69, 9.17) is 5.73 Å². The number of benzene rings is 1. The van der Waals surface area contributed by atoms with E-state index in [9.17, 15) is 4.79 Å². The molecule has 1 fully saturated rings. The number of hydrogen-bond donors (Lipinski definition) is 2. The Kier molecular flexibility index (Phi) is 5.88. The number of amides is 1. The maximum Gasteiger partial charge on any atom is 0.234 e. The normalized spacial score (nSPS) is 22.9. The van der Waals surface area contributed by atoms with Crippen molar-refractivity contribution in [1.29, 1.82) is 0 Å². The third kappa shape index (κ3) is 4.81. The summed E-state index contributed by atoms with van der Waals surface area (Å²) < 4.78 is 0. The van der Waals surface area contributed by atoms with E-state index < -0.39 is 0 Å². The number of hydrogen-bond acceptors (Lipinski definition) is 4. The predicted molar refractivity (Wildman–Crippen MR) is 83.8 cm³/mol. The Labute approximate surface area is 125 Å². The molecule has 0 aromatic heterocycles. The number of nitrogens with one attached hydrogen (secondary N) is 1. The highest BCUT2D eigenvalue weighted by Crippen LogP contribution is 2.16. The first-order valence-electron chi connectivity index (χ1n) is 7.07. The fourth-order valence-corrected chi connectivity index (χ4v) is 3.15. The van der Waals surface area contributed by atoms with Gasteiger partial charge in [-0.15, -0.1) is 11.8 Å². The van der Waals surface area contributed by atoms with Crippen LogP contribution in [0.25, 0.3) is 0 Å². The quantitative estimate of drug-likeness (QED) is 0.611. The fourth-order valence-electron chi connectivity index (χ4n) is 2.36. The van der Waals surface area contributed by atoms with Crippen molar-refractivity contribution in [3.05, 3.63) is 30.3 Å². The number of carbonyl (C=O) groups is 1. The molecule has 1 aliphatic heterocycles. The first-order chi connectivity index (χ1) is 9.65. The van der Waals surface area contributed by atoms with Gasteiger partial charge in [0.05, 0.1) is 6.54 Å². The Morgan fingerprint density at radius 2 is 2.15 bits per heavy atom. The summed E-state index contributed by atoms with van der Waals surface area (Å²) in [5.41, 5.74) is 5.95. The van der Waals surface area contributed by atoms with Gasteiger partial charge < -0.3 is 11.1 Å². The lowest BCUT2D eigenvalue weighted by atomic mass is 10.1. The Morgan fingerprint density at radius 3 is 2.80 bits per heavy atom. The second-order valence-electron chi connectivity index (χ2n) is 5.35. The zero-order valence-corrected chi connectivity index (χ0v) is 12.7. The van der Waals surface area contributed by atoms with E-state index in [2.05, 4.69) is 29.3 Å². The van der Waals surface area contributed by atoms with Crippen molar-refractivity contribution < 1.29 is 4.79 Å². The number of nitrogens with zero attached hydrogens (tertiary/aromatic N) is 1. The van der Waals surface area contributed by atoms with Crippen molar-refractivity contribution in [2.24, 2.45) is 11.7 Å². The Hall–Kier alpha value is -1.04. The van der Waals surface area contributed by atoms with Crippen molar-refractivity contribution in [2.45, 2.75) is 17.9 Å². The van der Waals surface area contributed by atoms with Crippen LogP contribution in [0.4, 0.5) is 0 Å². The predicted octanol–water partition coefficient (Wildman–Crippen LogP) is 1.17. The van der Waals surface area contributed by atoms with Gasteiger partial charge in [0.1, 0.15) is 0 Å². The average molecular weight is 293 g/mol. The molecule has 5 heteroatoms. The highest BCUT2D eigenvalue weighted by Gasteiger charge is 2.27. The second-order valence-corrected chi connectivity index (χ2v) is 6.52. The zero-order valence-electron chi connectivity index (χ0n) is 11.9. The molecule has 1 saturated heterocycles. The fraction of sp³-hybridized carbons (Fsp3) is 0.533. The van der Waals surface area contributed by atoms with Gasteiger partial charge in [0, 0.05) is 36.3 Å². The molecule has 2 atom stereocenters. The summed E-state index contributed by atoms with van der Waals surface area (Å²) in [7, 11) is 0. The molecule has 1 aromatic carbocycles.